The maximum atomic E-state index is 13.2. The zero-order chi connectivity index (χ0) is 15.2. The van der Waals surface area contributed by atoms with Crippen LogP contribution in [0.3, 0.4) is 0 Å². The van der Waals surface area contributed by atoms with Crippen molar-refractivity contribution >= 4 is 0 Å². The molecule has 1 aromatic carbocycles. The van der Waals surface area contributed by atoms with E-state index >= 15 is 0 Å². The summed E-state index contributed by atoms with van der Waals surface area (Å²) in [5.41, 5.74) is 0.969. The molecule has 22 heavy (non-hydrogen) atoms. The van der Waals surface area contributed by atoms with Gasteiger partial charge in [-0.3, -0.25) is 4.90 Å². The maximum Gasteiger partial charge on any atom is 0.123 e. The van der Waals surface area contributed by atoms with Crippen LogP contribution in [0.4, 0.5) is 4.39 Å². The Labute approximate surface area is 131 Å². The van der Waals surface area contributed by atoms with Gasteiger partial charge in [-0.15, -0.1) is 0 Å². The highest BCUT2D eigenvalue weighted by atomic mass is 19.1. The van der Waals surface area contributed by atoms with Crippen LogP contribution in [0.25, 0.3) is 0 Å². The van der Waals surface area contributed by atoms with Crippen LogP contribution in [-0.4, -0.2) is 24.5 Å². The minimum absolute atomic E-state index is 0.182. The first-order chi connectivity index (χ1) is 10.8. The fourth-order valence-corrected chi connectivity index (χ4v) is 3.12. The Balaban J connectivity index is 1.60. The van der Waals surface area contributed by atoms with E-state index in [1.165, 1.54) is 25.3 Å². The molecule has 1 N–H and O–H groups in total. The van der Waals surface area contributed by atoms with Crippen LogP contribution in [-0.2, 0) is 6.54 Å². The fourth-order valence-electron chi connectivity index (χ4n) is 3.12. The number of furan rings is 1. The standard InChI is InChI=1S/C18H23FN2O/c19-16-7-4-6-15(12-16)13-20-14-17(18-8-5-11-22-18)21-9-2-1-3-10-21/h4-8,11-12,17,20H,1-3,9-10,13-14H2. The smallest absolute Gasteiger partial charge is 0.123 e. The van der Waals surface area contributed by atoms with Crippen molar-refractivity contribution in [3.05, 3.63) is 59.8 Å². The first kappa shape index (κ1) is 15.3. The van der Waals surface area contributed by atoms with Crippen molar-refractivity contribution in [2.24, 2.45) is 0 Å². The van der Waals surface area contributed by atoms with Crippen LogP contribution >= 0.6 is 0 Å². The number of rotatable bonds is 6. The van der Waals surface area contributed by atoms with E-state index in [1.54, 1.807) is 18.4 Å². The molecule has 0 radical (unpaired) electrons. The Morgan fingerprint density at radius 1 is 1.14 bits per heavy atom. The lowest BCUT2D eigenvalue weighted by Crippen LogP contribution is -2.38. The van der Waals surface area contributed by atoms with Gasteiger partial charge in [0.05, 0.1) is 12.3 Å². The lowest BCUT2D eigenvalue weighted by atomic mass is 10.1. The summed E-state index contributed by atoms with van der Waals surface area (Å²) in [4.78, 5) is 2.49. The van der Waals surface area contributed by atoms with E-state index in [4.69, 9.17) is 4.42 Å². The van der Waals surface area contributed by atoms with E-state index < -0.39 is 0 Å². The second kappa shape index (κ2) is 7.56. The summed E-state index contributed by atoms with van der Waals surface area (Å²) < 4.78 is 18.8. The van der Waals surface area contributed by atoms with Crippen molar-refractivity contribution < 1.29 is 8.81 Å². The Morgan fingerprint density at radius 2 is 2.00 bits per heavy atom. The van der Waals surface area contributed by atoms with E-state index in [-0.39, 0.29) is 11.9 Å². The number of likely N-dealkylation sites (tertiary alicyclic amines) is 1. The van der Waals surface area contributed by atoms with Crippen molar-refractivity contribution in [3.8, 4) is 0 Å². The summed E-state index contributed by atoms with van der Waals surface area (Å²) in [6.07, 6.45) is 5.55. The van der Waals surface area contributed by atoms with Gasteiger partial charge in [0, 0.05) is 13.1 Å². The van der Waals surface area contributed by atoms with Gasteiger partial charge in [0.2, 0.25) is 0 Å². The zero-order valence-corrected chi connectivity index (χ0v) is 12.8. The number of piperidine rings is 1. The number of halogens is 1. The van der Waals surface area contributed by atoms with Crippen LogP contribution in [0.5, 0.6) is 0 Å². The van der Waals surface area contributed by atoms with Crippen molar-refractivity contribution in [1.82, 2.24) is 10.2 Å². The molecule has 1 aliphatic heterocycles. The number of nitrogens with zero attached hydrogens (tertiary/aromatic N) is 1. The maximum absolute atomic E-state index is 13.2. The molecule has 2 heterocycles. The molecule has 2 aromatic rings. The van der Waals surface area contributed by atoms with Crippen molar-refractivity contribution in [2.75, 3.05) is 19.6 Å². The first-order valence-electron chi connectivity index (χ1n) is 8.05. The van der Waals surface area contributed by atoms with Gasteiger partial charge in [-0.1, -0.05) is 18.6 Å². The Morgan fingerprint density at radius 3 is 2.73 bits per heavy atom. The fraction of sp³-hybridized carbons (Fsp3) is 0.444. The predicted octanol–water partition coefficient (Wildman–Crippen LogP) is 3.74. The molecule has 1 aliphatic rings. The molecule has 1 saturated heterocycles. The lowest BCUT2D eigenvalue weighted by Gasteiger charge is -2.33. The average Bonchev–Trinajstić information content (AvgIpc) is 3.07. The summed E-state index contributed by atoms with van der Waals surface area (Å²) in [6.45, 7) is 3.72. The topological polar surface area (TPSA) is 28.4 Å². The minimum atomic E-state index is -0.182. The van der Waals surface area contributed by atoms with Gasteiger partial charge in [-0.2, -0.15) is 0 Å². The Kier molecular flexibility index (Phi) is 5.24. The SMILES string of the molecule is Fc1cccc(CNCC(c2ccco2)N2CCCCC2)c1. The van der Waals surface area contributed by atoms with Crippen molar-refractivity contribution in [1.29, 1.82) is 0 Å². The average molecular weight is 302 g/mol. The summed E-state index contributed by atoms with van der Waals surface area (Å²) in [5, 5.41) is 3.45. The van der Waals surface area contributed by atoms with E-state index in [9.17, 15) is 4.39 Å². The molecule has 1 atom stereocenters. The van der Waals surface area contributed by atoms with Gasteiger partial charge < -0.3 is 9.73 Å². The van der Waals surface area contributed by atoms with Crippen LogP contribution in [0.1, 0.15) is 36.6 Å². The molecule has 0 spiro atoms. The van der Waals surface area contributed by atoms with Crippen molar-refractivity contribution in [2.45, 2.75) is 31.8 Å². The Hall–Kier alpha value is -1.65. The molecule has 1 fully saturated rings. The van der Waals surface area contributed by atoms with Crippen LogP contribution in [0, 0.1) is 5.82 Å². The van der Waals surface area contributed by atoms with Gasteiger partial charge in [0.25, 0.3) is 0 Å². The highest BCUT2D eigenvalue weighted by molar-refractivity contribution is 5.16. The van der Waals surface area contributed by atoms with Gasteiger partial charge in [0.1, 0.15) is 11.6 Å². The lowest BCUT2D eigenvalue weighted by molar-refractivity contribution is 0.142. The predicted molar refractivity (Wildman–Crippen MR) is 85.0 cm³/mol. The summed E-state index contributed by atoms with van der Waals surface area (Å²) >= 11 is 0. The summed E-state index contributed by atoms with van der Waals surface area (Å²) in [6, 6.07) is 11.0. The highest BCUT2D eigenvalue weighted by Crippen LogP contribution is 2.24. The number of benzene rings is 1. The monoisotopic (exact) mass is 302 g/mol. The Bertz CT molecular complexity index is 564. The third kappa shape index (κ3) is 3.96. The molecule has 3 nitrogen and oxygen atoms in total. The first-order valence-corrected chi connectivity index (χ1v) is 8.05. The number of hydrogen-bond donors (Lipinski definition) is 1. The van der Waals surface area contributed by atoms with E-state index in [0.717, 1.165) is 31.0 Å². The molecule has 0 amide bonds. The van der Waals surface area contributed by atoms with E-state index in [0.29, 0.717) is 6.54 Å². The summed E-state index contributed by atoms with van der Waals surface area (Å²) in [5.74, 6) is 0.826. The van der Waals surface area contributed by atoms with Crippen LogP contribution in [0.2, 0.25) is 0 Å². The quantitative estimate of drug-likeness (QED) is 0.881. The molecule has 0 saturated carbocycles. The van der Waals surface area contributed by atoms with Crippen LogP contribution in [0.15, 0.2) is 47.1 Å². The molecular formula is C18H23FN2O. The minimum Gasteiger partial charge on any atom is -0.468 e. The molecule has 3 rings (SSSR count). The molecule has 1 unspecified atom stereocenters. The summed E-state index contributed by atoms with van der Waals surface area (Å²) in [7, 11) is 0. The molecule has 4 heteroatoms. The molecule has 1 aromatic heterocycles. The third-order valence-corrected chi connectivity index (χ3v) is 4.26. The molecule has 118 valence electrons. The number of hydrogen-bond acceptors (Lipinski definition) is 3. The molecular weight excluding hydrogens is 279 g/mol. The van der Waals surface area contributed by atoms with E-state index in [1.807, 2.05) is 18.2 Å². The third-order valence-electron chi connectivity index (χ3n) is 4.26. The van der Waals surface area contributed by atoms with Gasteiger partial charge in [-0.05, 0) is 55.8 Å². The van der Waals surface area contributed by atoms with E-state index in [2.05, 4.69) is 10.2 Å². The van der Waals surface area contributed by atoms with Gasteiger partial charge in [0.15, 0.2) is 0 Å². The molecule has 0 aliphatic carbocycles. The van der Waals surface area contributed by atoms with Gasteiger partial charge >= 0.3 is 0 Å². The zero-order valence-electron chi connectivity index (χ0n) is 12.8. The van der Waals surface area contributed by atoms with Crippen molar-refractivity contribution in [3.63, 3.8) is 0 Å². The largest absolute Gasteiger partial charge is 0.468 e. The normalized spacial score (nSPS) is 17.5. The van der Waals surface area contributed by atoms with Crippen LogP contribution < -0.4 is 5.32 Å². The number of nitrogens with one attached hydrogen (secondary N) is 1. The molecule has 0 bridgehead atoms. The highest BCUT2D eigenvalue weighted by Gasteiger charge is 2.23. The second-order valence-electron chi connectivity index (χ2n) is 5.89. The van der Waals surface area contributed by atoms with Gasteiger partial charge in [-0.25, -0.2) is 4.39 Å². The second-order valence-corrected chi connectivity index (χ2v) is 5.89.